The number of nitrogens with one attached hydrogen (secondary N) is 1. The average Bonchev–Trinajstić information content (AvgIpc) is 3.58. The maximum absolute atomic E-state index is 14.1. The van der Waals surface area contributed by atoms with Crippen LogP contribution in [0.3, 0.4) is 0 Å². The molecule has 0 bridgehead atoms. The smallest absolute Gasteiger partial charge is 0.238 e. The molecule has 2 fully saturated rings. The van der Waals surface area contributed by atoms with Crippen molar-refractivity contribution in [3.63, 3.8) is 0 Å². The number of amides is 2. The summed E-state index contributed by atoms with van der Waals surface area (Å²) in [5.74, 6) is -0.561. The van der Waals surface area contributed by atoms with Crippen LogP contribution in [0.5, 0.6) is 5.75 Å². The summed E-state index contributed by atoms with van der Waals surface area (Å²) in [6.45, 7) is 8.76. The van der Waals surface area contributed by atoms with E-state index in [4.69, 9.17) is 4.74 Å². The zero-order valence-electron chi connectivity index (χ0n) is 27.5. The van der Waals surface area contributed by atoms with Gasteiger partial charge in [0.1, 0.15) is 5.75 Å². The van der Waals surface area contributed by atoms with E-state index in [1.54, 1.807) is 0 Å². The minimum absolute atomic E-state index is 0.0312. The fourth-order valence-corrected chi connectivity index (χ4v) is 7.86. The van der Waals surface area contributed by atoms with Crippen LogP contribution in [0.25, 0.3) is 6.08 Å². The van der Waals surface area contributed by atoms with Gasteiger partial charge in [0.05, 0.1) is 30.2 Å². The normalized spacial score (nSPS) is 22.8. The summed E-state index contributed by atoms with van der Waals surface area (Å²) in [5, 5.41) is 13.6. The molecule has 6 nitrogen and oxygen atoms in total. The topological polar surface area (TPSA) is 78.9 Å². The van der Waals surface area contributed by atoms with Crippen molar-refractivity contribution in [3.05, 3.63) is 100 Å². The van der Waals surface area contributed by atoms with E-state index in [1.807, 2.05) is 80.6 Å². The second kappa shape index (κ2) is 13.7. The Morgan fingerprint density at radius 2 is 1.61 bits per heavy atom. The number of carbonyl (C=O) groups excluding carboxylic acids is 2. The summed E-state index contributed by atoms with van der Waals surface area (Å²) >= 11 is 0. The molecule has 2 N–H and O–H groups in total. The zero-order chi connectivity index (χ0) is 32.4. The lowest BCUT2D eigenvalue weighted by Crippen LogP contribution is -2.34. The summed E-state index contributed by atoms with van der Waals surface area (Å²) < 4.78 is 6.51. The molecular formula is C40H46N2O4. The molecule has 1 aliphatic carbocycles. The third-order valence-corrected chi connectivity index (χ3v) is 9.93. The molecule has 2 heterocycles. The van der Waals surface area contributed by atoms with E-state index in [0.29, 0.717) is 24.5 Å². The van der Waals surface area contributed by atoms with Crippen LogP contribution in [0.2, 0.25) is 0 Å². The highest BCUT2D eigenvalue weighted by atomic mass is 16.5. The van der Waals surface area contributed by atoms with E-state index >= 15 is 0 Å². The first-order chi connectivity index (χ1) is 22.3. The lowest BCUT2D eigenvalue weighted by Gasteiger charge is -2.32. The molecule has 0 radical (unpaired) electrons. The third kappa shape index (κ3) is 6.28. The van der Waals surface area contributed by atoms with Crippen molar-refractivity contribution in [2.75, 3.05) is 16.8 Å². The monoisotopic (exact) mass is 618 g/mol. The molecule has 0 aromatic heterocycles. The van der Waals surface area contributed by atoms with Crippen LogP contribution in [0.1, 0.15) is 75.5 Å². The van der Waals surface area contributed by atoms with Gasteiger partial charge in [-0.1, -0.05) is 62.1 Å². The van der Waals surface area contributed by atoms with Crippen molar-refractivity contribution in [2.45, 2.75) is 78.7 Å². The van der Waals surface area contributed by atoms with Gasteiger partial charge in [0, 0.05) is 17.3 Å². The van der Waals surface area contributed by atoms with Crippen molar-refractivity contribution in [1.29, 1.82) is 0 Å². The van der Waals surface area contributed by atoms with Gasteiger partial charge in [0.25, 0.3) is 0 Å². The van der Waals surface area contributed by atoms with Gasteiger partial charge < -0.3 is 15.2 Å². The minimum Gasteiger partial charge on any atom is -0.507 e. The van der Waals surface area contributed by atoms with Gasteiger partial charge in [0.2, 0.25) is 11.8 Å². The zero-order valence-corrected chi connectivity index (χ0v) is 27.5. The van der Waals surface area contributed by atoms with E-state index in [0.717, 1.165) is 66.6 Å². The predicted octanol–water partition coefficient (Wildman–Crippen LogP) is 9.04. The summed E-state index contributed by atoms with van der Waals surface area (Å²) in [5.41, 5.74) is 9.40. The predicted molar refractivity (Wildman–Crippen MR) is 185 cm³/mol. The number of ether oxygens (including phenoxy) is 1. The molecule has 3 aliphatic rings. The minimum atomic E-state index is -0.371. The Balaban J connectivity index is 1.20. The summed E-state index contributed by atoms with van der Waals surface area (Å²) in [4.78, 5) is 29.4. The van der Waals surface area contributed by atoms with Crippen molar-refractivity contribution < 1.29 is 19.4 Å². The Kier molecular flexibility index (Phi) is 9.46. The van der Waals surface area contributed by atoms with Gasteiger partial charge in [0.15, 0.2) is 0 Å². The van der Waals surface area contributed by atoms with Gasteiger partial charge in [-0.15, -0.1) is 0 Å². The van der Waals surface area contributed by atoms with Crippen molar-refractivity contribution >= 4 is 35.0 Å². The number of imide groups is 1. The molecule has 2 aliphatic heterocycles. The van der Waals surface area contributed by atoms with Crippen LogP contribution >= 0.6 is 0 Å². The highest BCUT2D eigenvalue weighted by Crippen LogP contribution is 2.51. The first-order valence-electron chi connectivity index (χ1n) is 16.9. The number of fused-ring (bicyclic) bond motifs is 3. The van der Waals surface area contributed by atoms with Crippen LogP contribution < -0.4 is 10.2 Å². The Morgan fingerprint density at radius 3 is 2.28 bits per heavy atom. The Morgan fingerprint density at radius 1 is 0.913 bits per heavy atom. The highest BCUT2D eigenvalue weighted by molar-refractivity contribution is 6.22. The summed E-state index contributed by atoms with van der Waals surface area (Å²) in [7, 11) is 0. The number of benzene rings is 3. The maximum atomic E-state index is 14.1. The Bertz CT molecular complexity index is 1630. The highest BCUT2D eigenvalue weighted by Gasteiger charge is 2.57. The number of rotatable bonds is 11. The van der Waals surface area contributed by atoms with Crippen molar-refractivity contribution in [1.82, 2.24) is 0 Å². The number of hydrogen-bond acceptors (Lipinski definition) is 5. The lowest BCUT2D eigenvalue weighted by molar-refractivity contribution is -0.122. The number of nitrogens with zero attached hydrogens (tertiary/aromatic N) is 1. The molecule has 6 heteroatoms. The van der Waals surface area contributed by atoms with E-state index in [2.05, 4.69) is 25.2 Å². The van der Waals surface area contributed by atoms with Gasteiger partial charge in [-0.25, -0.2) is 0 Å². The fraction of sp³-hybridized carbons (Fsp3) is 0.400. The van der Waals surface area contributed by atoms with Gasteiger partial charge in [-0.3, -0.25) is 14.5 Å². The SMILES string of the molecule is CCCC1=C2[C@@H](CC/C(=C/c3cc(C)c(O)c(C)c3)CCC)OC[C@@H]2[C@@H]2C(=O)N(c3ccc(Nc4ccccc4)cc3)C(=O)[C@@H]2C1. The first kappa shape index (κ1) is 31.8. The molecular weight excluding hydrogens is 572 g/mol. The molecule has 3 aromatic rings. The standard InChI is InChI=1S/C40H46N2O4/c1-5-10-27(22-28-20-25(3)38(43)26(4)21-28)14-19-35-36-29(11-6-2)23-33-37(34(36)24-46-35)40(45)42(39(33)44)32-17-15-31(16-18-32)41-30-12-8-7-9-13-30/h7-9,12-13,15-18,20-22,33-35,37,41,43H,5-6,10-11,14,19,23-24H2,1-4H3/b27-22+/t33-,34+,35-,37-/m1/s1. The number of para-hydroxylation sites is 1. The number of anilines is 3. The van der Waals surface area contributed by atoms with Gasteiger partial charge >= 0.3 is 0 Å². The molecule has 240 valence electrons. The third-order valence-electron chi connectivity index (χ3n) is 9.93. The Labute approximate surface area is 273 Å². The lowest BCUT2D eigenvalue weighted by atomic mass is 9.68. The number of hydrogen-bond donors (Lipinski definition) is 2. The van der Waals surface area contributed by atoms with E-state index in [-0.39, 0.29) is 35.7 Å². The van der Waals surface area contributed by atoms with Crippen LogP contribution in [0.15, 0.2) is 83.4 Å². The van der Waals surface area contributed by atoms with E-state index < -0.39 is 0 Å². The van der Waals surface area contributed by atoms with E-state index in [9.17, 15) is 14.7 Å². The van der Waals surface area contributed by atoms with Crippen LogP contribution in [-0.2, 0) is 14.3 Å². The average molecular weight is 619 g/mol. The second-order valence-corrected chi connectivity index (χ2v) is 13.2. The molecule has 46 heavy (non-hydrogen) atoms. The quantitative estimate of drug-likeness (QED) is 0.166. The number of carbonyl (C=O) groups is 2. The number of allylic oxidation sites excluding steroid dienone is 2. The molecule has 0 spiro atoms. The molecule has 2 amide bonds. The molecule has 3 aromatic carbocycles. The van der Waals surface area contributed by atoms with Crippen LogP contribution in [0.4, 0.5) is 17.1 Å². The summed E-state index contributed by atoms with van der Waals surface area (Å²) in [6, 6.07) is 21.6. The second-order valence-electron chi connectivity index (χ2n) is 13.2. The molecule has 2 saturated heterocycles. The Hall–Kier alpha value is -4.16. The van der Waals surface area contributed by atoms with Crippen LogP contribution in [-0.4, -0.2) is 29.6 Å². The number of aromatic hydroxyl groups is 1. The van der Waals surface area contributed by atoms with Gasteiger partial charge in [-0.2, -0.15) is 0 Å². The van der Waals surface area contributed by atoms with Crippen molar-refractivity contribution in [3.8, 4) is 5.75 Å². The number of phenolic OH excluding ortho intramolecular Hbond substituents is 1. The van der Waals surface area contributed by atoms with Gasteiger partial charge in [-0.05, 0) is 117 Å². The number of phenols is 1. The first-order valence-corrected chi connectivity index (χ1v) is 16.9. The number of aryl methyl sites for hydroxylation is 2. The molecule has 4 atom stereocenters. The van der Waals surface area contributed by atoms with Crippen LogP contribution in [0, 0.1) is 31.6 Å². The molecule has 0 unspecified atom stereocenters. The van der Waals surface area contributed by atoms with E-state index in [1.165, 1.54) is 21.6 Å². The fourth-order valence-electron chi connectivity index (χ4n) is 7.86. The molecule has 0 saturated carbocycles. The summed E-state index contributed by atoms with van der Waals surface area (Å²) in [6.07, 6.45) is 8.63. The molecule has 6 rings (SSSR count). The maximum Gasteiger partial charge on any atom is 0.238 e. The largest absolute Gasteiger partial charge is 0.507 e. The van der Waals surface area contributed by atoms with Crippen molar-refractivity contribution in [2.24, 2.45) is 17.8 Å².